The van der Waals surface area contributed by atoms with Gasteiger partial charge in [-0.05, 0) is 13.0 Å². The fourth-order valence-corrected chi connectivity index (χ4v) is 3.48. The molecule has 2 heterocycles. The molecular formula is C19H15F3N2OS. The first-order valence-electron chi connectivity index (χ1n) is 7.94. The third kappa shape index (κ3) is 3.53. The van der Waals surface area contributed by atoms with Crippen molar-refractivity contribution in [3.8, 4) is 21.8 Å². The van der Waals surface area contributed by atoms with Gasteiger partial charge in [0.1, 0.15) is 5.01 Å². The average molecular weight is 376 g/mol. The maximum Gasteiger partial charge on any atom is 0.434 e. The van der Waals surface area contributed by atoms with E-state index in [9.17, 15) is 18.0 Å². The molecule has 3 nitrogen and oxygen atoms in total. The summed E-state index contributed by atoms with van der Waals surface area (Å²) in [6.45, 7) is 3.02. The highest BCUT2D eigenvalue weighted by molar-refractivity contribution is 7.13. The zero-order chi connectivity index (χ0) is 18.9. The SMILES string of the molecule is CCC(=O)c1cc(-c2nc(-c3ccccc3)cs2)c(C)nc1C(F)(F)F. The number of halogens is 3. The number of pyridine rings is 1. The summed E-state index contributed by atoms with van der Waals surface area (Å²) in [6.07, 6.45) is -4.71. The van der Waals surface area contributed by atoms with E-state index in [1.807, 2.05) is 35.7 Å². The zero-order valence-corrected chi connectivity index (χ0v) is 14.9. The molecule has 3 aromatic rings. The van der Waals surface area contributed by atoms with Gasteiger partial charge in [0.15, 0.2) is 11.5 Å². The second-order valence-corrected chi connectivity index (χ2v) is 6.55. The largest absolute Gasteiger partial charge is 0.434 e. The van der Waals surface area contributed by atoms with Gasteiger partial charge < -0.3 is 0 Å². The highest BCUT2D eigenvalue weighted by atomic mass is 32.1. The molecule has 0 unspecified atom stereocenters. The van der Waals surface area contributed by atoms with E-state index in [2.05, 4.69) is 9.97 Å². The molecule has 0 N–H and O–H groups in total. The number of carbonyl (C=O) groups excluding carboxylic acids is 1. The number of nitrogens with zero attached hydrogens (tertiary/aromatic N) is 2. The van der Waals surface area contributed by atoms with Crippen LogP contribution in [0, 0.1) is 6.92 Å². The molecular weight excluding hydrogens is 361 g/mol. The molecule has 0 spiro atoms. The maximum absolute atomic E-state index is 13.3. The number of aryl methyl sites for hydroxylation is 1. The number of Topliss-reactive ketones (excluding diaryl/α,β-unsaturated/α-hetero) is 1. The smallest absolute Gasteiger partial charge is 0.294 e. The van der Waals surface area contributed by atoms with Gasteiger partial charge in [-0.1, -0.05) is 37.3 Å². The van der Waals surface area contributed by atoms with Gasteiger partial charge in [0.05, 0.1) is 5.69 Å². The van der Waals surface area contributed by atoms with Gasteiger partial charge in [0.25, 0.3) is 0 Å². The first-order chi connectivity index (χ1) is 12.3. The van der Waals surface area contributed by atoms with Gasteiger partial charge in [-0.2, -0.15) is 13.2 Å². The molecule has 0 aliphatic rings. The Labute approximate surface area is 152 Å². The van der Waals surface area contributed by atoms with E-state index in [-0.39, 0.29) is 12.1 Å². The number of ketones is 1. The van der Waals surface area contributed by atoms with Gasteiger partial charge in [-0.25, -0.2) is 9.97 Å². The minimum atomic E-state index is -4.68. The van der Waals surface area contributed by atoms with Crippen molar-refractivity contribution in [2.24, 2.45) is 0 Å². The minimum Gasteiger partial charge on any atom is -0.294 e. The Hall–Kier alpha value is -2.54. The molecule has 2 aromatic heterocycles. The lowest BCUT2D eigenvalue weighted by Gasteiger charge is -2.13. The number of rotatable bonds is 4. The van der Waals surface area contributed by atoms with Crippen molar-refractivity contribution in [1.82, 2.24) is 9.97 Å². The van der Waals surface area contributed by atoms with Crippen LogP contribution < -0.4 is 0 Å². The van der Waals surface area contributed by atoms with Gasteiger partial charge in [0.2, 0.25) is 0 Å². The third-order valence-corrected chi connectivity index (χ3v) is 4.78. The van der Waals surface area contributed by atoms with E-state index in [4.69, 9.17) is 0 Å². The third-order valence-electron chi connectivity index (χ3n) is 3.91. The van der Waals surface area contributed by atoms with Crippen molar-refractivity contribution in [3.05, 3.63) is 58.7 Å². The number of benzene rings is 1. The predicted molar refractivity (Wildman–Crippen MR) is 95.1 cm³/mol. The summed E-state index contributed by atoms with van der Waals surface area (Å²) in [5.41, 5.74) is 0.745. The van der Waals surface area contributed by atoms with Crippen LogP contribution in [0.1, 0.15) is 35.1 Å². The van der Waals surface area contributed by atoms with E-state index < -0.39 is 23.2 Å². The Morgan fingerprint density at radius 1 is 1.15 bits per heavy atom. The van der Waals surface area contributed by atoms with Crippen LogP contribution in [0.4, 0.5) is 13.2 Å². The predicted octanol–water partition coefficient (Wildman–Crippen LogP) is 5.79. The number of alkyl halides is 3. The molecule has 134 valence electrons. The molecule has 0 aliphatic heterocycles. The first-order valence-corrected chi connectivity index (χ1v) is 8.82. The van der Waals surface area contributed by atoms with Crippen LogP contribution in [-0.4, -0.2) is 15.8 Å². The molecule has 0 fully saturated rings. The number of hydrogen-bond donors (Lipinski definition) is 0. The van der Waals surface area contributed by atoms with Crippen molar-refractivity contribution in [3.63, 3.8) is 0 Å². The fraction of sp³-hybridized carbons (Fsp3) is 0.211. The van der Waals surface area contributed by atoms with E-state index in [1.165, 1.54) is 31.3 Å². The van der Waals surface area contributed by atoms with Crippen LogP contribution in [0.25, 0.3) is 21.8 Å². The number of carbonyl (C=O) groups is 1. The fourth-order valence-electron chi connectivity index (χ4n) is 2.58. The van der Waals surface area contributed by atoms with Crippen molar-refractivity contribution in [1.29, 1.82) is 0 Å². The van der Waals surface area contributed by atoms with Crippen LogP contribution in [0.3, 0.4) is 0 Å². The summed E-state index contributed by atoms with van der Waals surface area (Å²) in [6, 6.07) is 10.7. The standard InChI is InChI=1S/C19H15F3N2OS/c1-3-16(25)14-9-13(11(2)23-17(14)19(20,21)22)18-24-15(10-26-18)12-7-5-4-6-8-12/h4-10H,3H2,1-2H3. The Kier molecular flexibility index (Phi) is 4.91. The highest BCUT2D eigenvalue weighted by Crippen LogP contribution is 2.36. The van der Waals surface area contributed by atoms with Crippen LogP contribution in [0.5, 0.6) is 0 Å². The van der Waals surface area contributed by atoms with E-state index >= 15 is 0 Å². The van der Waals surface area contributed by atoms with E-state index in [1.54, 1.807) is 0 Å². The van der Waals surface area contributed by atoms with Gasteiger partial charge in [-0.15, -0.1) is 11.3 Å². The number of thiazole rings is 1. The highest BCUT2D eigenvalue weighted by Gasteiger charge is 2.37. The summed E-state index contributed by atoms with van der Waals surface area (Å²) in [5.74, 6) is -0.592. The number of aromatic nitrogens is 2. The van der Waals surface area contributed by atoms with Gasteiger partial charge >= 0.3 is 6.18 Å². The van der Waals surface area contributed by atoms with Crippen LogP contribution in [0.2, 0.25) is 0 Å². The normalized spacial score (nSPS) is 11.6. The molecule has 0 radical (unpaired) electrons. The maximum atomic E-state index is 13.3. The van der Waals surface area contributed by atoms with Crippen molar-refractivity contribution in [2.45, 2.75) is 26.4 Å². The molecule has 0 atom stereocenters. The van der Waals surface area contributed by atoms with Gasteiger partial charge in [0, 0.05) is 34.2 Å². The Bertz CT molecular complexity index is 949. The zero-order valence-electron chi connectivity index (χ0n) is 14.1. The van der Waals surface area contributed by atoms with Crippen molar-refractivity contribution < 1.29 is 18.0 Å². The van der Waals surface area contributed by atoms with Gasteiger partial charge in [-0.3, -0.25) is 4.79 Å². The summed E-state index contributed by atoms with van der Waals surface area (Å²) in [5, 5.41) is 2.37. The lowest BCUT2D eigenvalue weighted by Crippen LogP contribution is -2.16. The molecule has 1 aromatic carbocycles. The van der Waals surface area contributed by atoms with Crippen LogP contribution >= 0.6 is 11.3 Å². The van der Waals surface area contributed by atoms with Crippen molar-refractivity contribution in [2.75, 3.05) is 0 Å². The number of hydrogen-bond acceptors (Lipinski definition) is 4. The second-order valence-electron chi connectivity index (χ2n) is 5.70. The summed E-state index contributed by atoms with van der Waals surface area (Å²) >= 11 is 1.31. The Morgan fingerprint density at radius 3 is 2.46 bits per heavy atom. The summed E-state index contributed by atoms with van der Waals surface area (Å²) in [4.78, 5) is 20.3. The van der Waals surface area contributed by atoms with E-state index in [0.29, 0.717) is 10.6 Å². The first kappa shape index (κ1) is 18.3. The molecule has 26 heavy (non-hydrogen) atoms. The van der Waals surface area contributed by atoms with Crippen LogP contribution in [-0.2, 0) is 6.18 Å². The van der Waals surface area contributed by atoms with Crippen LogP contribution in [0.15, 0.2) is 41.8 Å². The lowest BCUT2D eigenvalue weighted by atomic mass is 10.0. The Morgan fingerprint density at radius 2 is 1.85 bits per heavy atom. The molecule has 0 saturated heterocycles. The summed E-state index contributed by atoms with van der Waals surface area (Å²) < 4.78 is 39.8. The molecule has 0 aliphatic carbocycles. The monoisotopic (exact) mass is 376 g/mol. The van der Waals surface area contributed by atoms with Crippen molar-refractivity contribution >= 4 is 17.1 Å². The summed E-state index contributed by atoms with van der Waals surface area (Å²) in [7, 11) is 0. The molecule has 0 amide bonds. The Balaban J connectivity index is 2.11. The molecule has 0 saturated carbocycles. The lowest BCUT2D eigenvalue weighted by molar-refractivity contribution is -0.141. The minimum absolute atomic E-state index is 0.0274. The van der Waals surface area contributed by atoms with E-state index in [0.717, 1.165) is 11.3 Å². The topological polar surface area (TPSA) is 42.9 Å². The second kappa shape index (κ2) is 6.99. The molecule has 3 rings (SSSR count). The quantitative estimate of drug-likeness (QED) is 0.541. The molecule has 0 bridgehead atoms. The molecule has 7 heteroatoms. The average Bonchev–Trinajstić information content (AvgIpc) is 3.10.